The van der Waals surface area contributed by atoms with Crippen LogP contribution in [0.15, 0.2) is 18.2 Å². The lowest BCUT2D eigenvalue weighted by atomic mass is 10.1. The molecule has 0 heterocycles. The number of carboxylic acids is 1. The largest absolute Gasteiger partial charge is 0.478 e. The van der Waals surface area contributed by atoms with Crippen molar-refractivity contribution in [2.75, 3.05) is 17.2 Å². The van der Waals surface area contributed by atoms with E-state index >= 15 is 0 Å². The quantitative estimate of drug-likeness (QED) is 0.783. The third kappa shape index (κ3) is 2.28. The smallest absolute Gasteiger partial charge is 0.337 e. The molecule has 2 fully saturated rings. The average Bonchev–Trinajstić information content (AvgIpc) is 3.19. The first kappa shape index (κ1) is 11.4. The Balaban J connectivity index is 1.93. The van der Waals surface area contributed by atoms with E-state index in [9.17, 15) is 9.90 Å². The standard InChI is InChI=1S/C14H18N2O2/c15-10-3-6-13(12(7-10)14(17)18)16(11-4-5-11)8-9-1-2-9/h3,6-7,9,11H,1-2,4-5,8,15H2,(H,17,18). The third-order valence-corrected chi connectivity index (χ3v) is 3.70. The molecule has 0 bridgehead atoms. The van der Waals surface area contributed by atoms with E-state index in [1.165, 1.54) is 25.7 Å². The maximum atomic E-state index is 11.3. The zero-order valence-electron chi connectivity index (χ0n) is 10.3. The lowest BCUT2D eigenvalue weighted by molar-refractivity contribution is 0.0697. The van der Waals surface area contributed by atoms with E-state index in [-0.39, 0.29) is 0 Å². The maximum Gasteiger partial charge on any atom is 0.337 e. The summed E-state index contributed by atoms with van der Waals surface area (Å²) in [6.07, 6.45) is 4.91. The van der Waals surface area contributed by atoms with Crippen LogP contribution in [0, 0.1) is 5.92 Å². The number of hydrogen-bond acceptors (Lipinski definition) is 3. The first-order chi connectivity index (χ1) is 8.65. The van der Waals surface area contributed by atoms with Crippen LogP contribution >= 0.6 is 0 Å². The average molecular weight is 246 g/mol. The molecular weight excluding hydrogens is 228 g/mol. The van der Waals surface area contributed by atoms with E-state index in [1.54, 1.807) is 12.1 Å². The van der Waals surface area contributed by atoms with E-state index in [0.29, 0.717) is 17.3 Å². The van der Waals surface area contributed by atoms with Gasteiger partial charge < -0.3 is 15.7 Å². The van der Waals surface area contributed by atoms with Crippen LogP contribution in [0.4, 0.5) is 11.4 Å². The second-order valence-corrected chi connectivity index (χ2v) is 5.41. The molecule has 0 amide bonds. The zero-order valence-corrected chi connectivity index (χ0v) is 10.3. The fraction of sp³-hybridized carbons (Fsp3) is 0.500. The van der Waals surface area contributed by atoms with Gasteiger partial charge in [-0.05, 0) is 49.8 Å². The Bertz CT molecular complexity index is 479. The van der Waals surface area contributed by atoms with Crippen LogP contribution in [0.25, 0.3) is 0 Å². The summed E-state index contributed by atoms with van der Waals surface area (Å²) in [6, 6.07) is 5.76. The number of nitrogen functional groups attached to an aromatic ring is 1. The predicted octanol–water partition coefficient (Wildman–Crippen LogP) is 2.35. The van der Waals surface area contributed by atoms with Crippen molar-refractivity contribution in [2.45, 2.75) is 31.7 Å². The van der Waals surface area contributed by atoms with E-state index in [1.807, 2.05) is 6.07 Å². The number of carboxylic acid groups (broad SMARTS) is 1. The minimum atomic E-state index is -0.890. The molecule has 0 saturated heterocycles. The van der Waals surface area contributed by atoms with Crippen LogP contribution in [0.1, 0.15) is 36.0 Å². The SMILES string of the molecule is Nc1ccc(N(CC2CC2)C2CC2)c(C(=O)O)c1. The summed E-state index contributed by atoms with van der Waals surface area (Å²) in [6.45, 7) is 0.995. The van der Waals surface area contributed by atoms with Gasteiger partial charge in [-0.1, -0.05) is 0 Å². The molecule has 0 radical (unpaired) electrons. The van der Waals surface area contributed by atoms with E-state index < -0.39 is 5.97 Å². The van der Waals surface area contributed by atoms with Gasteiger partial charge in [-0.3, -0.25) is 0 Å². The molecule has 2 saturated carbocycles. The molecule has 0 spiro atoms. The summed E-state index contributed by atoms with van der Waals surface area (Å²) in [5, 5.41) is 9.31. The van der Waals surface area contributed by atoms with Gasteiger partial charge in [0.15, 0.2) is 0 Å². The molecule has 18 heavy (non-hydrogen) atoms. The Morgan fingerprint density at radius 2 is 2.06 bits per heavy atom. The summed E-state index contributed by atoms with van der Waals surface area (Å²) >= 11 is 0. The van der Waals surface area contributed by atoms with Gasteiger partial charge in [0.05, 0.1) is 11.3 Å². The molecule has 3 rings (SSSR count). The highest BCUT2D eigenvalue weighted by molar-refractivity contribution is 5.95. The number of anilines is 2. The van der Waals surface area contributed by atoms with Gasteiger partial charge in [0.2, 0.25) is 0 Å². The monoisotopic (exact) mass is 246 g/mol. The van der Waals surface area contributed by atoms with Crippen molar-refractivity contribution in [2.24, 2.45) is 5.92 Å². The minimum absolute atomic E-state index is 0.336. The molecule has 0 aliphatic heterocycles. The minimum Gasteiger partial charge on any atom is -0.478 e. The summed E-state index contributed by atoms with van der Waals surface area (Å²) < 4.78 is 0. The molecule has 0 unspecified atom stereocenters. The maximum absolute atomic E-state index is 11.3. The fourth-order valence-corrected chi connectivity index (χ4v) is 2.38. The van der Waals surface area contributed by atoms with Crippen LogP contribution in [0.2, 0.25) is 0 Å². The van der Waals surface area contributed by atoms with E-state index in [2.05, 4.69) is 4.90 Å². The number of carbonyl (C=O) groups is 1. The van der Waals surface area contributed by atoms with Gasteiger partial charge in [0.25, 0.3) is 0 Å². The molecule has 0 atom stereocenters. The van der Waals surface area contributed by atoms with E-state index in [4.69, 9.17) is 5.73 Å². The lowest BCUT2D eigenvalue weighted by Crippen LogP contribution is -2.29. The van der Waals surface area contributed by atoms with Crippen molar-refractivity contribution in [3.63, 3.8) is 0 Å². The molecule has 4 nitrogen and oxygen atoms in total. The number of rotatable bonds is 5. The van der Waals surface area contributed by atoms with Crippen molar-refractivity contribution < 1.29 is 9.90 Å². The molecule has 1 aromatic rings. The first-order valence-electron chi connectivity index (χ1n) is 6.54. The van der Waals surface area contributed by atoms with Crippen molar-refractivity contribution in [1.29, 1.82) is 0 Å². The zero-order chi connectivity index (χ0) is 12.7. The second-order valence-electron chi connectivity index (χ2n) is 5.41. The van der Waals surface area contributed by atoms with Crippen LogP contribution in [-0.2, 0) is 0 Å². The normalized spacial score (nSPS) is 18.7. The number of benzene rings is 1. The molecule has 4 heteroatoms. The third-order valence-electron chi connectivity index (χ3n) is 3.70. The molecular formula is C14H18N2O2. The van der Waals surface area contributed by atoms with Gasteiger partial charge in [-0.25, -0.2) is 4.79 Å². The molecule has 96 valence electrons. The number of hydrogen-bond donors (Lipinski definition) is 2. The Hall–Kier alpha value is -1.71. The van der Waals surface area contributed by atoms with Crippen molar-refractivity contribution in [3.05, 3.63) is 23.8 Å². The molecule has 1 aromatic carbocycles. The fourth-order valence-electron chi connectivity index (χ4n) is 2.38. The highest BCUT2D eigenvalue weighted by Gasteiger charge is 2.35. The number of aromatic carboxylic acids is 1. The summed E-state index contributed by atoms with van der Waals surface area (Å²) in [7, 11) is 0. The van der Waals surface area contributed by atoms with Gasteiger partial charge in [0, 0.05) is 18.3 Å². The number of nitrogens with two attached hydrogens (primary N) is 1. The second kappa shape index (κ2) is 4.19. The molecule has 2 aliphatic carbocycles. The van der Waals surface area contributed by atoms with Gasteiger partial charge in [-0.2, -0.15) is 0 Å². The first-order valence-corrected chi connectivity index (χ1v) is 6.54. The Kier molecular flexibility index (Phi) is 2.65. The topological polar surface area (TPSA) is 66.6 Å². The Morgan fingerprint density at radius 1 is 1.33 bits per heavy atom. The van der Waals surface area contributed by atoms with E-state index in [0.717, 1.165) is 18.2 Å². The van der Waals surface area contributed by atoms with Crippen LogP contribution in [-0.4, -0.2) is 23.7 Å². The van der Waals surface area contributed by atoms with Crippen LogP contribution < -0.4 is 10.6 Å². The van der Waals surface area contributed by atoms with Gasteiger partial charge >= 0.3 is 5.97 Å². The Morgan fingerprint density at radius 3 is 2.61 bits per heavy atom. The van der Waals surface area contributed by atoms with Crippen LogP contribution in [0.3, 0.4) is 0 Å². The molecule has 0 aromatic heterocycles. The highest BCUT2D eigenvalue weighted by atomic mass is 16.4. The summed E-state index contributed by atoms with van der Waals surface area (Å²) in [5.74, 6) is -0.136. The number of nitrogens with zero attached hydrogens (tertiary/aromatic N) is 1. The van der Waals surface area contributed by atoms with Crippen molar-refractivity contribution in [3.8, 4) is 0 Å². The highest BCUT2D eigenvalue weighted by Crippen LogP contribution is 2.39. The summed E-state index contributed by atoms with van der Waals surface area (Å²) in [4.78, 5) is 13.6. The summed E-state index contributed by atoms with van der Waals surface area (Å²) in [5.41, 5.74) is 7.38. The molecule has 3 N–H and O–H groups in total. The van der Waals surface area contributed by atoms with Crippen molar-refractivity contribution >= 4 is 17.3 Å². The van der Waals surface area contributed by atoms with Crippen molar-refractivity contribution in [1.82, 2.24) is 0 Å². The molecule has 2 aliphatic rings. The van der Waals surface area contributed by atoms with Crippen LogP contribution in [0.5, 0.6) is 0 Å². The van der Waals surface area contributed by atoms with Gasteiger partial charge in [0.1, 0.15) is 0 Å². The van der Waals surface area contributed by atoms with Gasteiger partial charge in [-0.15, -0.1) is 0 Å². The Labute approximate surface area is 106 Å². The predicted molar refractivity (Wildman–Crippen MR) is 70.9 cm³/mol. The lowest BCUT2D eigenvalue weighted by Gasteiger charge is -2.26.